The van der Waals surface area contributed by atoms with E-state index in [1.165, 1.54) is 5.56 Å². The molecule has 0 saturated carbocycles. The number of ether oxygens (including phenoxy) is 1. The summed E-state index contributed by atoms with van der Waals surface area (Å²) in [6, 6.07) is 18.1. The number of rotatable bonds is 3. The van der Waals surface area contributed by atoms with E-state index >= 15 is 0 Å². The lowest BCUT2D eigenvalue weighted by Gasteiger charge is -2.11. The minimum absolute atomic E-state index is 0.710. The third-order valence-corrected chi connectivity index (χ3v) is 4.83. The average Bonchev–Trinajstić information content (AvgIpc) is 3.10. The molecule has 5 heteroatoms. The highest BCUT2D eigenvalue weighted by atomic mass is 32.1. The van der Waals surface area contributed by atoms with Gasteiger partial charge in [0.1, 0.15) is 11.6 Å². The Hall–Kier alpha value is -2.92. The Morgan fingerprint density at radius 2 is 1.84 bits per heavy atom. The van der Waals surface area contributed by atoms with Crippen molar-refractivity contribution in [3.05, 3.63) is 76.0 Å². The second kappa shape index (κ2) is 6.53. The summed E-state index contributed by atoms with van der Waals surface area (Å²) in [4.78, 5) is 10.6. The van der Waals surface area contributed by atoms with Gasteiger partial charge in [-0.15, -0.1) is 11.3 Å². The van der Waals surface area contributed by atoms with Gasteiger partial charge in [0.25, 0.3) is 0 Å². The van der Waals surface area contributed by atoms with E-state index in [1.54, 1.807) is 18.4 Å². The number of nitrogens with zero attached hydrogens (tertiary/aromatic N) is 2. The normalized spacial score (nSPS) is 13.2. The maximum atomic E-state index is 5.35. The fourth-order valence-electron chi connectivity index (χ4n) is 2.60. The summed E-state index contributed by atoms with van der Waals surface area (Å²) in [5.74, 6) is 2.27. The average molecular weight is 347 g/mol. The zero-order valence-electron chi connectivity index (χ0n) is 14.0. The third-order valence-electron chi connectivity index (χ3n) is 3.97. The Balaban J connectivity index is 1.86. The van der Waals surface area contributed by atoms with Crippen molar-refractivity contribution >= 4 is 34.4 Å². The SMILES string of the molecule is COc1ccc2c(c1)NC(c1ccc(C)cc1)=NC(c1cccs1)=N2. The van der Waals surface area contributed by atoms with Crippen LogP contribution in [0.2, 0.25) is 0 Å². The molecule has 2 heterocycles. The standard InChI is InChI=1S/C20H17N3OS/c1-13-5-7-14(8-6-13)19-22-17-12-15(24-2)9-10-16(17)21-20(23-19)18-4-3-11-25-18/h3-12H,1-2H3,(H,21,22,23). The minimum atomic E-state index is 0.710. The molecule has 0 unspecified atom stereocenters. The highest BCUT2D eigenvalue weighted by Crippen LogP contribution is 2.33. The number of aryl methyl sites for hydroxylation is 1. The first-order valence-electron chi connectivity index (χ1n) is 7.96. The molecular weight excluding hydrogens is 330 g/mol. The number of hydrogen-bond acceptors (Lipinski definition) is 5. The van der Waals surface area contributed by atoms with E-state index in [9.17, 15) is 0 Å². The molecular formula is C20H17N3OS. The maximum Gasteiger partial charge on any atom is 0.172 e. The van der Waals surface area contributed by atoms with E-state index < -0.39 is 0 Å². The molecule has 4 nitrogen and oxygen atoms in total. The smallest absolute Gasteiger partial charge is 0.172 e. The monoisotopic (exact) mass is 347 g/mol. The molecule has 3 aromatic rings. The van der Waals surface area contributed by atoms with Gasteiger partial charge in [-0.05, 0) is 30.5 Å². The van der Waals surface area contributed by atoms with Crippen LogP contribution in [0.25, 0.3) is 0 Å². The Labute approximate surface area is 150 Å². The minimum Gasteiger partial charge on any atom is -0.497 e. The van der Waals surface area contributed by atoms with Crippen molar-refractivity contribution in [3.8, 4) is 5.75 Å². The molecule has 2 aromatic carbocycles. The Bertz CT molecular complexity index is 957. The molecule has 25 heavy (non-hydrogen) atoms. The lowest BCUT2D eigenvalue weighted by atomic mass is 10.1. The van der Waals surface area contributed by atoms with Gasteiger partial charge in [0.05, 0.1) is 23.4 Å². The zero-order valence-corrected chi connectivity index (χ0v) is 14.8. The number of nitrogens with one attached hydrogen (secondary N) is 1. The van der Waals surface area contributed by atoms with Gasteiger partial charge >= 0.3 is 0 Å². The van der Waals surface area contributed by atoms with Gasteiger partial charge in [-0.25, -0.2) is 9.98 Å². The lowest BCUT2D eigenvalue weighted by Crippen LogP contribution is -2.14. The van der Waals surface area contributed by atoms with Crippen LogP contribution >= 0.6 is 11.3 Å². The fraction of sp³-hybridized carbons (Fsp3) is 0.100. The predicted octanol–water partition coefficient (Wildman–Crippen LogP) is 5.02. The summed E-state index contributed by atoms with van der Waals surface area (Å²) in [6.45, 7) is 2.07. The number of fused-ring (bicyclic) bond motifs is 1. The van der Waals surface area contributed by atoms with Gasteiger partial charge in [0, 0.05) is 11.6 Å². The quantitative estimate of drug-likeness (QED) is 0.723. The predicted molar refractivity (Wildman–Crippen MR) is 105 cm³/mol. The number of thiophene rings is 1. The first-order chi connectivity index (χ1) is 12.2. The number of anilines is 1. The lowest BCUT2D eigenvalue weighted by molar-refractivity contribution is 0.415. The molecule has 0 atom stereocenters. The molecule has 0 saturated heterocycles. The van der Waals surface area contributed by atoms with Crippen molar-refractivity contribution in [2.75, 3.05) is 12.4 Å². The van der Waals surface area contributed by atoms with Crippen LogP contribution in [0.1, 0.15) is 16.0 Å². The molecule has 0 aliphatic carbocycles. The topological polar surface area (TPSA) is 46.0 Å². The van der Waals surface area contributed by atoms with E-state index in [0.29, 0.717) is 5.84 Å². The highest BCUT2D eigenvalue weighted by molar-refractivity contribution is 7.12. The summed E-state index contributed by atoms with van der Waals surface area (Å²) in [5, 5.41) is 5.46. The van der Waals surface area contributed by atoms with Crippen LogP contribution < -0.4 is 10.1 Å². The van der Waals surface area contributed by atoms with Gasteiger partial charge in [0.15, 0.2) is 5.84 Å². The van der Waals surface area contributed by atoms with Crippen LogP contribution in [0.4, 0.5) is 11.4 Å². The van der Waals surface area contributed by atoms with Crippen LogP contribution in [0.15, 0.2) is 70.0 Å². The van der Waals surface area contributed by atoms with Crippen LogP contribution in [-0.4, -0.2) is 18.8 Å². The largest absolute Gasteiger partial charge is 0.497 e. The van der Waals surface area contributed by atoms with Gasteiger partial charge in [0.2, 0.25) is 0 Å². The molecule has 0 fully saturated rings. The molecule has 1 aliphatic rings. The Morgan fingerprint density at radius 3 is 2.56 bits per heavy atom. The van der Waals surface area contributed by atoms with Gasteiger partial charge in [-0.2, -0.15) is 0 Å². The summed E-state index contributed by atoms with van der Waals surface area (Å²) >= 11 is 1.63. The number of methoxy groups -OCH3 is 1. The number of aliphatic imine (C=N–C) groups is 2. The molecule has 1 N–H and O–H groups in total. The second-order valence-electron chi connectivity index (χ2n) is 5.75. The third kappa shape index (κ3) is 3.19. The number of hydrogen-bond donors (Lipinski definition) is 1. The molecule has 4 rings (SSSR count). The Kier molecular flexibility index (Phi) is 4.07. The van der Waals surface area contributed by atoms with Crippen LogP contribution in [-0.2, 0) is 0 Å². The van der Waals surface area contributed by atoms with Crippen molar-refractivity contribution in [2.24, 2.45) is 9.98 Å². The second-order valence-corrected chi connectivity index (χ2v) is 6.69. The first kappa shape index (κ1) is 15.6. The van der Waals surface area contributed by atoms with Gasteiger partial charge in [-0.1, -0.05) is 35.9 Å². The molecule has 1 aliphatic heterocycles. The molecule has 0 spiro atoms. The number of benzene rings is 2. The summed E-state index contributed by atoms with van der Waals surface area (Å²) in [6.07, 6.45) is 0. The van der Waals surface area contributed by atoms with Gasteiger partial charge in [-0.3, -0.25) is 0 Å². The maximum absolute atomic E-state index is 5.35. The highest BCUT2D eigenvalue weighted by Gasteiger charge is 2.16. The molecule has 0 amide bonds. The molecule has 0 radical (unpaired) electrons. The molecule has 1 aromatic heterocycles. The van der Waals surface area contributed by atoms with E-state index in [4.69, 9.17) is 14.7 Å². The van der Waals surface area contributed by atoms with Crippen LogP contribution in [0.3, 0.4) is 0 Å². The molecule has 124 valence electrons. The van der Waals surface area contributed by atoms with Crippen molar-refractivity contribution in [1.29, 1.82) is 0 Å². The Morgan fingerprint density at radius 1 is 1.00 bits per heavy atom. The number of amidine groups is 2. The van der Waals surface area contributed by atoms with E-state index in [2.05, 4.69) is 36.5 Å². The summed E-state index contributed by atoms with van der Waals surface area (Å²) in [5.41, 5.74) is 3.96. The van der Waals surface area contributed by atoms with E-state index in [-0.39, 0.29) is 0 Å². The summed E-state index contributed by atoms with van der Waals surface area (Å²) in [7, 11) is 1.66. The van der Waals surface area contributed by atoms with E-state index in [1.807, 2.05) is 35.7 Å². The van der Waals surface area contributed by atoms with Crippen molar-refractivity contribution in [2.45, 2.75) is 6.92 Å². The van der Waals surface area contributed by atoms with Crippen molar-refractivity contribution < 1.29 is 4.74 Å². The van der Waals surface area contributed by atoms with Crippen LogP contribution in [0.5, 0.6) is 5.75 Å². The zero-order chi connectivity index (χ0) is 17.2. The van der Waals surface area contributed by atoms with Crippen molar-refractivity contribution in [1.82, 2.24) is 0 Å². The van der Waals surface area contributed by atoms with Crippen molar-refractivity contribution in [3.63, 3.8) is 0 Å². The van der Waals surface area contributed by atoms with E-state index in [0.717, 1.165) is 33.4 Å². The fourth-order valence-corrected chi connectivity index (χ4v) is 3.26. The summed E-state index contributed by atoms with van der Waals surface area (Å²) < 4.78 is 5.35. The molecule has 0 bridgehead atoms. The van der Waals surface area contributed by atoms with Crippen LogP contribution in [0, 0.1) is 6.92 Å². The first-order valence-corrected chi connectivity index (χ1v) is 8.84. The van der Waals surface area contributed by atoms with Gasteiger partial charge < -0.3 is 10.1 Å².